The molecule has 2 heteroatoms. The molecular weight excluding hydrogens is 232 g/mol. The van der Waals surface area contributed by atoms with Crippen LogP contribution in [0.4, 0.5) is 0 Å². The molecule has 1 aromatic carbocycles. The number of nitrogens with one attached hydrogen (secondary N) is 1. The highest BCUT2D eigenvalue weighted by Crippen LogP contribution is 2.29. The molecule has 1 aliphatic carbocycles. The van der Waals surface area contributed by atoms with Crippen molar-refractivity contribution in [1.82, 2.24) is 5.43 Å². The SMILES string of the molecule is CC(C)(C)C#CCC(NN)C1Cc2ccccc2C1. The molecule has 0 saturated carbocycles. The van der Waals surface area contributed by atoms with Gasteiger partial charge in [0.25, 0.3) is 0 Å². The van der Waals surface area contributed by atoms with Gasteiger partial charge in [-0.15, -0.1) is 5.92 Å². The fraction of sp³-hybridized carbons (Fsp3) is 0.529. The first-order chi connectivity index (χ1) is 8.99. The van der Waals surface area contributed by atoms with Gasteiger partial charge in [0.15, 0.2) is 0 Å². The van der Waals surface area contributed by atoms with Crippen molar-refractivity contribution >= 4 is 0 Å². The fourth-order valence-electron chi connectivity index (χ4n) is 2.67. The van der Waals surface area contributed by atoms with E-state index >= 15 is 0 Å². The van der Waals surface area contributed by atoms with Crippen LogP contribution in [0.3, 0.4) is 0 Å². The maximum absolute atomic E-state index is 5.72. The van der Waals surface area contributed by atoms with Gasteiger partial charge in [-0.2, -0.15) is 0 Å². The van der Waals surface area contributed by atoms with Gasteiger partial charge in [-0.25, -0.2) is 0 Å². The van der Waals surface area contributed by atoms with Crippen LogP contribution in [0, 0.1) is 23.2 Å². The molecule has 0 amide bonds. The molecule has 102 valence electrons. The van der Waals surface area contributed by atoms with Crippen LogP contribution in [-0.4, -0.2) is 6.04 Å². The van der Waals surface area contributed by atoms with Crippen molar-refractivity contribution in [2.45, 2.75) is 46.1 Å². The molecule has 2 rings (SSSR count). The van der Waals surface area contributed by atoms with E-state index in [-0.39, 0.29) is 11.5 Å². The summed E-state index contributed by atoms with van der Waals surface area (Å²) in [5.41, 5.74) is 5.97. The third-order valence-electron chi connectivity index (χ3n) is 3.65. The van der Waals surface area contributed by atoms with Crippen LogP contribution in [0.1, 0.15) is 38.3 Å². The molecular formula is C17H24N2. The quantitative estimate of drug-likeness (QED) is 0.496. The van der Waals surface area contributed by atoms with E-state index in [4.69, 9.17) is 5.84 Å². The molecule has 0 fully saturated rings. The second-order valence-corrected chi connectivity index (χ2v) is 6.47. The van der Waals surface area contributed by atoms with Gasteiger partial charge in [0.1, 0.15) is 0 Å². The summed E-state index contributed by atoms with van der Waals surface area (Å²) in [7, 11) is 0. The Kier molecular flexibility index (Phi) is 4.29. The van der Waals surface area contributed by atoms with Crippen LogP contribution in [0.15, 0.2) is 24.3 Å². The van der Waals surface area contributed by atoms with E-state index in [1.165, 1.54) is 11.1 Å². The molecule has 3 N–H and O–H groups in total. The lowest BCUT2D eigenvalue weighted by molar-refractivity contribution is 0.374. The van der Waals surface area contributed by atoms with Gasteiger partial charge >= 0.3 is 0 Å². The Balaban J connectivity index is 1.99. The van der Waals surface area contributed by atoms with Crippen molar-refractivity contribution in [3.05, 3.63) is 35.4 Å². The standard InChI is InChI=1S/C17H24N2/c1-17(2,3)10-6-9-16(19-18)15-11-13-7-4-5-8-14(13)12-15/h4-5,7-8,15-16,19H,9,11-12,18H2,1-3H3. The zero-order valence-electron chi connectivity index (χ0n) is 12.2. The average molecular weight is 256 g/mol. The van der Waals surface area contributed by atoms with Crippen molar-refractivity contribution in [1.29, 1.82) is 0 Å². The van der Waals surface area contributed by atoms with Crippen LogP contribution in [0.2, 0.25) is 0 Å². The normalized spacial score (nSPS) is 16.6. The van der Waals surface area contributed by atoms with Crippen LogP contribution < -0.4 is 11.3 Å². The number of hydrazine groups is 1. The molecule has 0 spiro atoms. The summed E-state index contributed by atoms with van der Waals surface area (Å²) in [5.74, 6) is 12.9. The molecule has 1 atom stereocenters. The summed E-state index contributed by atoms with van der Waals surface area (Å²) >= 11 is 0. The van der Waals surface area contributed by atoms with E-state index in [2.05, 4.69) is 62.3 Å². The molecule has 1 aromatic rings. The summed E-state index contributed by atoms with van der Waals surface area (Å²) in [5, 5.41) is 0. The van der Waals surface area contributed by atoms with E-state index in [0.29, 0.717) is 5.92 Å². The first-order valence-electron chi connectivity index (χ1n) is 7.02. The lowest BCUT2D eigenvalue weighted by Gasteiger charge is -2.20. The molecule has 19 heavy (non-hydrogen) atoms. The van der Waals surface area contributed by atoms with Crippen molar-refractivity contribution < 1.29 is 0 Å². The van der Waals surface area contributed by atoms with E-state index < -0.39 is 0 Å². The zero-order valence-corrected chi connectivity index (χ0v) is 12.2. The van der Waals surface area contributed by atoms with E-state index in [1.54, 1.807) is 0 Å². The predicted molar refractivity (Wildman–Crippen MR) is 80.3 cm³/mol. The minimum absolute atomic E-state index is 0.0672. The van der Waals surface area contributed by atoms with Crippen molar-refractivity contribution in [3.63, 3.8) is 0 Å². The average Bonchev–Trinajstić information content (AvgIpc) is 2.76. The lowest BCUT2D eigenvalue weighted by atomic mass is 9.93. The molecule has 1 unspecified atom stereocenters. The van der Waals surface area contributed by atoms with Crippen LogP contribution in [-0.2, 0) is 12.8 Å². The van der Waals surface area contributed by atoms with Gasteiger partial charge < -0.3 is 0 Å². The monoisotopic (exact) mass is 256 g/mol. The molecule has 0 radical (unpaired) electrons. The minimum atomic E-state index is 0.0672. The Labute approximate surface area is 116 Å². The third kappa shape index (κ3) is 3.83. The van der Waals surface area contributed by atoms with E-state index in [0.717, 1.165) is 19.3 Å². The number of hydrogen-bond donors (Lipinski definition) is 2. The first kappa shape index (κ1) is 14.1. The Hall–Kier alpha value is -1.30. The second kappa shape index (κ2) is 5.77. The summed E-state index contributed by atoms with van der Waals surface area (Å²) in [6.45, 7) is 6.41. The minimum Gasteiger partial charge on any atom is -0.271 e. The Morgan fingerprint density at radius 2 is 1.84 bits per heavy atom. The summed E-state index contributed by atoms with van der Waals surface area (Å²) in [4.78, 5) is 0. The van der Waals surface area contributed by atoms with Crippen molar-refractivity contribution in [2.24, 2.45) is 17.2 Å². The van der Waals surface area contributed by atoms with E-state index in [1.807, 2.05) is 0 Å². The van der Waals surface area contributed by atoms with Gasteiger partial charge in [-0.3, -0.25) is 11.3 Å². The fourth-order valence-corrected chi connectivity index (χ4v) is 2.67. The highest BCUT2D eigenvalue weighted by atomic mass is 15.2. The molecule has 0 aromatic heterocycles. The highest BCUT2D eigenvalue weighted by Gasteiger charge is 2.27. The number of rotatable bonds is 3. The van der Waals surface area contributed by atoms with E-state index in [9.17, 15) is 0 Å². The Morgan fingerprint density at radius 1 is 1.26 bits per heavy atom. The summed E-state index contributed by atoms with van der Waals surface area (Å²) < 4.78 is 0. The molecule has 2 nitrogen and oxygen atoms in total. The molecule has 0 bridgehead atoms. The summed E-state index contributed by atoms with van der Waals surface area (Å²) in [6.07, 6.45) is 3.05. The zero-order chi connectivity index (χ0) is 13.9. The first-order valence-corrected chi connectivity index (χ1v) is 7.02. The number of fused-ring (bicyclic) bond motifs is 1. The van der Waals surface area contributed by atoms with Crippen LogP contribution in [0.5, 0.6) is 0 Å². The molecule has 1 aliphatic rings. The summed E-state index contributed by atoms with van der Waals surface area (Å²) in [6, 6.07) is 8.96. The van der Waals surface area contributed by atoms with Crippen molar-refractivity contribution in [3.8, 4) is 11.8 Å². The van der Waals surface area contributed by atoms with Crippen LogP contribution >= 0.6 is 0 Å². The second-order valence-electron chi connectivity index (χ2n) is 6.47. The lowest BCUT2D eigenvalue weighted by Crippen LogP contribution is -2.41. The number of benzene rings is 1. The number of nitrogens with two attached hydrogens (primary N) is 1. The topological polar surface area (TPSA) is 38.0 Å². The Bertz CT molecular complexity index is 463. The number of hydrogen-bond acceptors (Lipinski definition) is 2. The predicted octanol–water partition coefficient (Wildman–Crippen LogP) is 2.67. The Morgan fingerprint density at radius 3 is 2.32 bits per heavy atom. The van der Waals surface area contributed by atoms with Gasteiger partial charge in [0.05, 0.1) is 0 Å². The van der Waals surface area contributed by atoms with Crippen molar-refractivity contribution in [2.75, 3.05) is 0 Å². The molecule has 0 heterocycles. The maximum atomic E-state index is 5.72. The maximum Gasteiger partial charge on any atom is 0.0354 e. The molecule has 0 aliphatic heterocycles. The highest BCUT2D eigenvalue weighted by molar-refractivity contribution is 5.32. The molecule has 0 saturated heterocycles. The van der Waals surface area contributed by atoms with Gasteiger partial charge in [-0.05, 0) is 50.7 Å². The third-order valence-corrected chi connectivity index (χ3v) is 3.65. The van der Waals surface area contributed by atoms with Gasteiger partial charge in [-0.1, -0.05) is 30.2 Å². The smallest absolute Gasteiger partial charge is 0.0354 e. The van der Waals surface area contributed by atoms with Gasteiger partial charge in [0, 0.05) is 17.9 Å². The van der Waals surface area contributed by atoms with Crippen LogP contribution in [0.25, 0.3) is 0 Å². The largest absolute Gasteiger partial charge is 0.271 e. The van der Waals surface area contributed by atoms with Gasteiger partial charge in [0.2, 0.25) is 0 Å².